The Kier molecular flexibility index (Phi) is 8.86. The van der Waals surface area contributed by atoms with Gasteiger partial charge in [0.25, 0.3) is 10.0 Å². The molecule has 190 valence electrons. The number of nitrogens with two attached hydrogens (primary N) is 1. The molecule has 0 spiro atoms. The Bertz CT molecular complexity index is 1300. The maximum atomic E-state index is 13.4. The Morgan fingerprint density at radius 2 is 1.80 bits per heavy atom. The summed E-state index contributed by atoms with van der Waals surface area (Å²) in [6.07, 6.45) is 1.38. The number of sulfonamides is 2. The van der Waals surface area contributed by atoms with Gasteiger partial charge >= 0.3 is 0 Å². The summed E-state index contributed by atoms with van der Waals surface area (Å²) in [5.74, 6) is -0.586. The van der Waals surface area contributed by atoms with Crippen LogP contribution in [0.4, 0.5) is 4.39 Å². The highest BCUT2D eigenvalue weighted by Crippen LogP contribution is 2.23. The number of aliphatic imine (C=N–C) groups is 1. The largest absolute Gasteiger partial charge is 0.264 e. The maximum Gasteiger partial charge on any atom is 0.264 e. The molecule has 0 saturated carbocycles. The molecule has 0 aliphatic carbocycles. The van der Waals surface area contributed by atoms with E-state index in [0.717, 1.165) is 12.0 Å². The molecule has 0 bridgehead atoms. The number of nitrogens with zero attached hydrogens (tertiary/aromatic N) is 3. The zero-order valence-corrected chi connectivity index (χ0v) is 21.5. The molecule has 0 radical (unpaired) electrons. The molecule has 0 fully saturated rings. The van der Waals surface area contributed by atoms with Crippen LogP contribution in [0.2, 0.25) is 5.02 Å². The lowest BCUT2D eigenvalue weighted by Crippen LogP contribution is -2.41. The molecular weight excluding hydrogens is 517 g/mol. The van der Waals surface area contributed by atoms with Crippen LogP contribution in [-0.2, 0) is 20.0 Å². The Balaban J connectivity index is 1.88. The lowest BCUT2D eigenvalue weighted by Gasteiger charge is -2.19. The second-order valence-corrected chi connectivity index (χ2v) is 11.9. The summed E-state index contributed by atoms with van der Waals surface area (Å²) in [5, 5.41) is 11.5. The maximum absolute atomic E-state index is 13.4. The first-order chi connectivity index (χ1) is 16.5. The molecule has 35 heavy (non-hydrogen) atoms. The summed E-state index contributed by atoms with van der Waals surface area (Å²) >= 11 is 5.88. The fourth-order valence-electron chi connectivity index (χ4n) is 3.48. The van der Waals surface area contributed by atoms with Gasteiger partial charge in [0, 0.05) is 17.5 Å². The third-order valence-corrected chi connectivity index (χ3v) is 7.79. The van der Waals surface area contributed by atoms with Gasteiger partial charge in [0.1, 0.15) is 5.82 Å². The van der Waals surface area contributed by atoms with Crippen molar-refractivity contribution in [2.45, 2.75) is 31.1 Å². The Morgan fingerprint density at radius 3 is 2.40 bits per heavy atom. The first-order valence-corrected chi connectivity index (χ1v) is 14.5. The number of primary sulfonamides is 1. The summed E-state index contributed by atoms with van der Waals surface area (Å²) in [6, 6.07) is 11.6. The number of hydrazone groups is 1. The van der Waals surface area contributed by atoms with Crippen LogP contribution in [0.3, 0.4) is 0 Å². The van der Waals surface area contributed by atoms with Crippen LogP contribution < -0.4 is 9.86 Å². The second kappa shape index (κ2) is 11.5. The van der Waals surface area contributed by atoms with E-state index in [1.165, 1.54) is 41.4 Å². The van der Waals surface area contributed by atoms with Crippen molar-refractivity contribution in [1.29, 1.82) is 0 Å². The van der Waals surface area contributed by atoms with Gasteiger partial charge < -0.3 is 0 Å². The predicted molar refractivity (Wildman–Crippen MR) is 135 cm³/mol. The summed E-state index contributed by atoms with van der Waals surface area (Å²) in [7, 11) is -7.60. The van der Waals surface area contributed by atoms with Crippen molar-refractivity contribution >= 4 is 43.3 Å². The summed E-state index contributed by atoms with van der Waals surface area (Å²) < 4.78 is 64.3. The van der Waals surface area contributed by atoms with Crippen LogP contribution in [0.25, 0.3) is 0 Å². The molecule has 3 rings (SSSR count). The molecule has 3 N–H and O–H groups in total. The number of halogens is 2. The van der Waals surface area contributed by atoms with Crippen LogP contribution in [0.1, 0.15) is 31.7 Å². The summed E-state index contributed by atoms with van der Waals surface area (Å²) in [6.45, 7) is 2.50. The molecule has 1 heterocycles. The molecule has 2 aromatic carbocycles. The number of hydrogen-bond acceptors (Lipinski definition) is 6. The van der Waals surface area contributed by atoms with Crippen LogP contribution in [0.15, 0.2) is 63.5 Å². The Morgan fingerprint density at radius 1 is 1.14 bits per heavy atom. The first-order valence-electron chi connectivity index (χ1n) is 10.9. The fraction of sp³-hybridized carbons (Fsp3) is 0.364. The standard InChI is InChI=1S/C22H27ClFN5O4S2/c1-2-16-15-29(27-21(16)17-5-9-19(24)10-6-17)22(26-13-3-4-14-34(25,30)31)28-35(32,33)20-11-7-18(23)8-12-20/h5-12,16H,2-4,13-15H2,1H3,(H,26,28)(H2,25,30,31)/t16-/m1/s1. The minimum Gasteiger partial charge on any atom is -0.251 e. The van der Waals surface area contributed by atoms with Gasteiger partial charge in [-0.25, -0.2) is 36.1 Å². The minimum atomic E-state index is -4.01. The summed E-state index contributed by atoms with van der Waals surface area (Å²) in [5.41, 5.74) is 1.42. The van der Waals surface area contributed by atoms with Crippen molar-refractivity contribution in [3.8, 4) is 0 Å². The highest BCUT2D eigenvalue weighted by atomic mass is 35.5. The Labute approximate surface area is 210 Å². The van der Waals surface area contributed by atoms with E-state index in [4.69, 9.17) is 16.7 Å². The molecule has 0 saturated heterocycles. The molecule has 0 amide bonds. The molecule has 2 aromatic rings. The molecule has 1 aliphatic rings. The van der Waals surface area contributed by atoms with Gasteiger partial charge in [-0.3, -0.25) is 4.99 Å². The topological polar surface area (TPSA) is 134 Å². The van der Waals surface area contributed by atoms with Crippen molar-refractivity contribution in [3.63, 3.8) is 0 Å². The second-order valence-electron chi connectivity index (χ2n) is 8.02. The fourth-order valence-corrected chi connectivity index (χ4v) is 5.23. The third kappa shape index (κ3) is 7.72. The molecule has 13 heteroatoms. The lowest BCUT2D eigenvalue weighted by atomic mass is 9.95. The quantitative estimate of drug-likeness (QED) is 0.285. The number of benzene rings is 2. The van der Waals surface area contributed by atoms with E-state index in [2.05, 4.69) is 14.8 Å². The number of rotatable bonds is 9. The predicted octanol–water partition coefficient (Wildman–Crippen LogP) is 2.93. The van der Waals surface area contributed by atoms with Crippen LogP contribution in [0.5, 0.6) is 0 Å². The van der Waals surface area contributed by atoms with E-state index in [9.17, 15) is 21.2 Å². The van der Waals surface area contributed by atoms with E-state index in [0.29, 0.717) is 23.7 Å². The minimum absolute atomic E-state index is 0.00204. The number of unbranched alkanes of at least 4 members (excludes halogenated alkanes) is 1. The molecule has 1 atom stereocenters. The van der Waals surface area contributed by atoms with Gasteiger partial charge in [0.15, 0.2) is 0 Å². The first kappa shape index (κ1) is 27.1. The van der Waals surface area contributed by atoms with Gasteiger partial charge in [0.2, 0.25) is 16.0 Å². The van der Waals surface area contributed by atoms with Gasteiger partial charge in [-0.1, -0.05) is 30.7 Å². The van der Waals surface area contributed by atoms with Crippen molar-refractivity contribution in [1.82, 2.24) is 9.73 Å². The van der Waals surface area contributed by atoms with E-state index >= 15 is 0 Å². The average molecular weight is 544 g/mol. The SMILES string of the molecule is CC[C@@H]1CN(C(=NCCCCS(N)(=O)=O)NS(=O)(=O)c2ccc(Cl)cc2)N=C1c1ccc(F)cc1. The van der Waals surface area contributed by atoms with Gasteiger partial charge in [0.05, 0.1) is 22.9 Å². The lowest BCUT2D eigenvalue weighted by molar-refractivity contribution is 0.429. The van der Waals surface area contributed by atoms with Crippen LogP contribution in [0, 0.1) is 11.7 Å². The van der Waals surface area contributed by atoms with Gasteiger partial charge in [-0.05, 0) is 61.2 Å². The molecular formula is C22H27ClFN5O4S2. The number of hydrogen-bond donors (Lipinski definition) is 2. The third-order valence-electron chi connectivity index (χ3n) is 5.33. The van der Waals surface area contributed by atoms with Crippen LogP contribution >= 0.6 is 11.6 Å². The van der Waals surface area contributed by atoms with Crippen molar-refractivity contribution in [2.75, 3.05) is 18.8 Å². The average Bonchev–Trinajstić information content (AvgIpc) is 3.22. The number of guanidine groups is 1. The smallest absolute Gasteiger partial charge is 0.251 e. The van der Waals surface area contributed by atoms with Crippen molar-refractivity contribution in [2.24, 2.45) is 21.2 Å². The Hall–Kier alpha value is -2.54. The molecule has 9 nitrogen and oxygen atoms in total. The van der Waals surface area contributed by atoms with E-state index < -0.39 is 20.0 Å². The monoisotopic (exact) mass is 543 g/mol. The van der Waals surface area contributed by atoms with E-state index in [-0.39, 0.29) is 41.3 Å². The van der Waals surface area contributed by atoms with Crippen molar-refractivity contribution in [3.05, 3.63) is 64.9 Å². The van der Waals surface area contributed by atoms with Gasteiger partial charge in [-0.15, -0.1) is 0 Å². The van der Waals surface area contributed by atoms with E-state index in [1.807, 2.05) is 6.92 Å². The molecule has 1 aliphatic heterocycles. The summed E-state index contributed by atoms with van der Waals surface area (Å²) in [4.78, 5) is 4.39. The normalized spacial score (nSPS) is 16.9. The van der Waals surface area contributed by atoms with Crippen LogP contribution in [-0.4, -0.2) is 52.4 Å². The zero-order valence-electron chi connectivity index (χ0n) is 19.1. The van der Waals surface area contributed by atoms with E-state index in [1.54, 1.807) is 12.1 Å². The highest BCUT2D eigenvalue weighted by Gasteiger charge is 2.31. The molecule has 0 unspecified atom stereocenters. The highest BCUT2D eigenvalue weighted by molar-refractivity contribution is 7.90. The van der Waals surface area contributed by atoms with Gasteiger partial charge in [-0.2, -0.15) is 5.10 Å². The van der Waals surface area contributed by atoms with Crippen molar-refractivity contribution < 1.29 is 21.2 Å². The molecule has 0 aromatic heterocycles. The number of nitrogens with one attached hydrogen (secondary N) is 1. The zero-order chi connectivity index (χ0) is 25.6.